The summed E-state index contributed by atoms with van der Waals surface area (Å²) in [5.41, 5.74) is 5.84. The van der Waals surface area contributed by atoms with Crippen molar-refractivity contribution in [3.63, 3.8) is 0 Å². The van der Waals surface area contributed by atoms with E-state index in [0.717, 1.165) is 0 Å². The van der Waals surface area contributed by atoms with Crippen molar-refractivity contribution < 1.29 is 17.6 Å². The predicted octanol–water partition coefficient (Wildman–Crippen LogP) is 2.10. The summed E-state index contributed by atoms with van der Waals surface area (Å²) in [6, 6.07) is 4.44. The summed E-state index contributed by atoms with van der Waals surface area (Å²) >= 11 is 0. The summed E-state index contributed by atoms with van der Waals surface area (Å²) < 4.78 is 40.0. The van der Waals surface area contributed by atoms with Gasteiger partial charge in [0.2, 0.25) is 10.0 Å². The number of amides is 2. The molecule has 1 fully saturated rings. The molecule has 3 rings (SSSR count). The van der Waals surface area contributed by atoms with Crippen LogP contribution in [0, 0.1) is 5.82 Å². The molecule has 0 saturated carbocycles. The van der Waals surface area contributed by atoms with Crippen molar-refractivity contribution in [1.29, 1.82) is 0 Å². The molecule has 8 nitrogen and oxygen atoms in total. The quantitative estimate of drug-likeness (QED) is 0.690. The molecule has 0 bridgehead atoms. The van der Waals surface area contributed by atoms with Crippen LogP contribution in [0.1, 0.15) is 19.4 Å². The van der Waals surface area contributed by atoms with Crippen LogP contribution < -0.4 is 10.9 Å². The van der Waals surface area contributed by atoms with E-state index in [1.54, 1.807) is 30.5 Å². The molecule has 0 aromatic heterocycles. The van der Waals surface area contributed by atoms with Crippen LogP contribution in [0.3, 0.4) is 0 Å². The third-order valence-corrected chi connectivity index (χ3v) is 6.64. The lowest BCUT2D eigenvalue weighted by Gasteiger charge is -2.38. The van der Waals surface area contributed by atoms with Gasteiger partial charge in [-0.15, -0.1) is 0 Å². The Bertz CT molecular complexity index is 950. The number of benzene rings is 1. The molecule has 2 heterocycles. The maximum Gasteiger partial charge on any atom is 0.340 e. The number of carbonyl (C=O) groups is 1. The number of piperazine rings is 1. The molecule has 2 aliphatic rings. The number of sulfonamides is 1. The van der Waals surface area contributed by atoms with Crippen LogP contribution in [0.15, 0.2) is 42.6 Å². The Labute approximate surface area is 177 Å². The normalized spacial score (nSPS) is 22.9. The Hall–Kier alpha value is -2.43. The average molecular weight is 438 g/mol. The van der Waals surface area contributed by atoms with Gasteiger partial charge in [0.25, 0.3) is 0 Å². The minimum Gasteiger partial charge on any atom is -0.294 e. The van der Waals surface area contributed by atoms with Crippen LogP contribution in [-0.2, 0) is 16.6 Å². The molecule has 1 aromatic carbocycles. The van der Waals surface area contributed by atoms with Crippen LogP contribution in [0.5, 0.6) is 0 Å². The minimum absolute atomic E-state index is 0.0374. The molecule has 1 saturated heterocycles. The first-order valence-electron chi connectivity index (χ1n) is 9.82. The van der Waals surface area contributed by atoms with Gasteiger partial charge in [0.1, 0.15) is 0 Å². The van der Waals surface area contributed by atoms with Crippen molar-refractivity contribution in [3.8, 4) is 0 Å². The Morgan fingerprint density at radius 2 is 2.00 bits per heavy atom. The first kappa shape index (κ1) is 22.3. The Kier molecular flexibility index (Phi) is 6.79. The highest BCUT2D eigenvalue weighted by Crippen LogP contribution is 2.22. The number of hydrazine groups is 1. The Morgan fingerprint density at radius 1 is 1.23 bits per heavy atom. The molecule has 2 amide bonds. The second-order valence-corrected chi connectivity index (χ2v) is 9.63. The standard InChI is InChI=1S/C20H28FN5O3S/c1-15-7-4-5-10-26(15)20(27)23-22-18-9-6-8-17(19(18)21)14-24-11-12-25(13-16(24)2)30(3,28)29/h4-10,15-16,22H,11-14H2,1-3H3,(H,23,27)/t15?,16-/m0/s1. The van der Waals surface area contributed by atoms with E-state index in [1.807, 2.05) is 26.0 Å². The number of nitrogens with one attached hydrogen (secondary N) is 2. The Balaban J connectivity index is 1.62. The molecule has 1 unspecified atom stereocenters. The lowest BCUT2D eigenvalue weighted by Crippen LogP contribution is -2.52. The van der Waals surface area contributed by atoms with Gasteiger partial charge >= 0.3 is 6.03 Å². The van der Waals surface area contributed by atoms with Gasteiger partial charge in [-0.05, 0) is 26.0 Å². The van der Waals surface area contributed by atoms with Gasteiger partial charge in [-0.25, -0.2) is 17.6 Å². The fourth-order valence-corrected chi connectivity index (χ4v) is 4.45. The monoisotopic (exact) mass is 437 g/mol. The van der Waals surface area contributed by atoms with E-state index in [4.69, 9.17) is 0 Å². The van der Waals surface area contributed by atoms with E-state index < -0.39 is 21.9 Å². The van der Waals surface area contributed by atoms with E-state index in [2.05, 4.69) is 15.8 Å². The predicted molar refractivity (Wildman–Crippen MR) is 114 cm³/mol. The maximum atomic E-state index is 15.0. The first-order valence-corrected chi connectivity index (χ1v) is 11.7. The van der Waals surface area contributed by atoms with Gasteiger partial charge in [-0.3, -0.25) is 20.7 Å². The summed E-state index contributed by atoms with van der Waals surface area (Å²) in [7, 11) is -3.23. The van der Waals surface area contributed by atoms with Crippen molar-refractivity contribution >= 4 is 21.7 Å². The van der Waals surface area contributed by atoms with E-state index in [-0.39, 0.29) is 17.8 Å². The van der Waals surface area contributed by atoms with Crippen LogP contribution in [-0.4, -0.2) is 66.5 Å². The zero-order valence-electron chi connectivity index (χ0n) is 17.4. The third kappa shape index (κ3) is 5.18. The number of anilines is 1. The molecule has 0 radical (unpaired) electrons. The summed E-state index contributed by atoms with van der Waals surface area (Å²) in [5.74, 6) is -0.447. The SMILES string of the molecule is CC1C=CC=CN1C(=O)NNc1cccc(CN2CCN(S(C)(=O)=O)C[C@@H]2C)c1F. The summed E-state index contributed by atoms with van der Waals surface area (Å²) in [6.07, 6.45) is 8.36. The summed E-state index contributed by atoms with van der Waals surface area (Å²) in [5, 5.41) is 0. The van der Waals surface area contributed by atoms with Crippen molar-refractivity contribution in [3.05, 3.63) is 54.0 Å². The molecule has 164 valence electrons. The lowest BCUT2D eigenvalue weighted by molar-refractivity contribution is 0.121. The van der Waals surface area contributed by atoms with Crippen molar-refractivity contribution in [2.24, 2.45) is 0 Å². The van der Waals surface area contributed by atoms with Gasteiger partial charge in [-0.1, -0.05) is 24.3 Å². The molecule has 1 aromatic rings. The fraction of sp³-hybridized carbons (Fsp3) is 0.450. The van der Waals surface area contributed by atoms with Crippen molar-refractivity contribution in [2.45, 2.75) is 32.5 Å². The third-order valence-electron chi connectivity index (χ3n) is 5.37. The van der Waals surface area contributed by atoms with Gasteiger partial charge in [0.15, 0.2) is 5.82 Å². The highest BCUT2D eigenvalue weighted by atomic mass is 32.2. The van der Waals surface area contributed by atoms with E-state index >= 15 is 4.39 Å². The molecule has 0 spiro atoms. The smallest absolute Gasteiger partial charge is 0.294 e. The zero-order valence-corrected chi connectivity index (χ0v) is 18.2. The molecular weight excluding hydrogens is 409 g/mol. The largest absolute Gasteiger partial charge is 0.340 e. The van der Waals surface area contributed by atoms with Crippen LogP contribution in [0.25, 0.3) is 0 Å². The number of hydrogen-bond acceptors (Lipinski definition) is 5. The lowest BCUT2D eigenvalue weighted by atomic mass is 10.1. The van der Waals surface area contributed by atoms with Crippen molar-refractivity contribution in [1.82, 2.24) is 19.5 Å². The summed E-state index contributed by atoms with van der Waals surface area (Å²) in [6.45, 7) is 5.45. The molecule has 2 N–H and O–H groups in total. The van der Waals surface area contributed by atoms with E-state index in [9.17, 15) is 13.2 Å². The number of hydrogen-bond donors (Lipinski definition) is 2. The minimum atomic E-state index is -3.23. The average Bonchev–Trinajstić information content (AvgIpc) is 2.69. The topological polar surface area (TPSA) is 85.0 Å². The first-order chi connectivity index (χ1) is 14.2. The second-order valence-electron chi connectivity index (χ2n) is 7.65. The van der Waals surface area contributed by atoms with E-state index in [0.29, 0.717) is 31.7 Å². The number of halogens is 1. The highest BCUT2D eigenvalue weighted by Gasteiger charge is 2.29. The number of nitrogens with zero attached hydrogens (tertiary/aromatic N) is 3. The molecule has 10 heteroatoms. The van der Waals surface area contributed by atoms with Gasteiger partial charge in [0.05, 0.1) is 18.0 Å². The van der Waals surface area contributed by atoms with Crippen molar-refractivity contribution in [2.75, 3.05) is 31.3 Å². The highest BCUT2D eigenvalue weighted by molar-refractivity contribution is 7.88. The number of carbonyl (C=O) groups excluding carboxylic acids is 1. The Morgan fingerprint density at radius 3 is 2.67 bits per heavy atom. The summed E-state index contributed by atoms with van der Waals surface area (Å²) in [4.78, 5) is 15.9. The number of urea groups is 1. The van der Waals surface area contributed by atoms with Crippen LogP contribution in [0.2, 0.25) is 0 Å². The maximum absolute atomic E-state index is 15.0. The van der Waals surface area contributed by atoms with Gasteiger partial charge in [0, 0.05) is 44.0 Å². The molecule has 2 atom stereocenters. The van der Waals surface area contributed by atoms with E-state index in [1.165, 1.54) is 15.5 Å². The molecule has 30 heavy (non-hydrogen) atoms. The van der Waals surface area contributed by atoms with Gasteiger partial charge in [-0.2, -0.15) is 4.31 Å². The number of rotatable bonds is 5. The molecule has 0 aliphatic carbocycles. The molecule has 2 aliphatic heterocycles. The number of allylic oxidation sites excluding steroid dienone is 2. The van der Waals surface area contributed by atoms with Crippen LogP contribution >= 0.6 is 0 Å². The second kappa shape index (κ2) is 9.15. The molecular formula is C20H28FN5O3S. The van der Waals surface area contributed by atoms with Gasteiger partial charge < -0.3 is 0 Å². The van der Waals surface area contributed by atoms with Crippen LogP contribution in [0.4, 0.5) is 14.9 Å². The fourth-order valence-electron chi connectivity index (χ4n) is 3.55. The zero-order chi connectivity index (χ0) is 21.9.